The Bertz CT molecular complexity index is 361. The highest BCUT2D eigenvalue weighted by Crippen LogP contribution is 2.34. The van der Waals surface area contributed by atoms with E-state index in [9.17, 15) is 13.2 Å². The number of rotatable bonds is 3. The summed E-state index contributed by atoms with van der Waals surface area (Å²) < 4.78 is 38.3. The van der Waals surface area contributed by atoms with Crippen molar-refractivity contribution in [3.8, 4) is 0 Å². The summed E-state index contributed by atoms with van der Waals surface area (Å²) in [5.41, 5.74) is 5.23. The molecule has 0 aliphatic rings. The van der Waals surface area contributed by atoms with Crippen LogP contribution in [0.25, 0.3) is 0 Å². The first-order valence-corrected chi connectivity index (χ1v) is 6.06. The molecule has 0 saturated carbocycles. The van der Waals surface area contributed by atoms with Gasteiger partial charge >= 0.3 is 6.18 Å². The summed E-state index contributed by atoms with van der Waals surface area (Å²) in [6.07, 6.45) is -2.32. The predicted octanol–water partition coefficient (Wildman–Crippen LogP) is 3.32. The zero-order valence-corrected chi connectivity index (χ0v) is 9.95. The topological polar surface area (TPSA) is 26.0 Å². The van der Waals surface area contributed by atoms with Gasteiger partial charge in [-0.15, -0.1) is 11.8 Å². The van der Waals surface area contributed by atoms with E-state index in [1.807, 2.05) is 0 Å². The molecule has 1 aromatic carbocycles. The number of hydrogen-bond donors (Lipinski definition) is 1. The molecule has 0 aromatic heterocycles. The van der Waals surface area contributed by atoms with Crippen molar-refractivity contribution in [2.75, 3.05) is 6.26 Å². The van der Waals surface area contributed by atoms with Crippen LogP contribution in [-0.4, -0.2) is 12.3 Å². The predicted molar refractivity (Wildman–Crippen MR) is 60.6 cm³/mol. The second-order valence-electron chi connectivity index (χ2n) is 3.70. The summed E-state index contributed by atoms with van der Waals surface area (Å²) in [4.78, 5) is 0.612. The molecule has 0 amide bonds. The third-order valence-electron chi connectivity index (χ3n) is 2.16. The van der Waals surface area contributed by atoms with Crippen molar-refractivity contribution in [1.82, 2.24) is 0 Å². The average molecular weight is 249 g/mol. The monoisotopic (exact) mass is 249 g/mol. The molecule has 1 atom stereocenters. The quantitative estimate of drug-likeness (QED) is 0.832. The fourth-order valence-corrected chi connectivity index (χ4v) is 1.91. The number of alkyl halides is 3. The number of hydrogen-bond acceptors (Lipinski definition) is 2. The largest absolute Gasteiger partial charge is 0.416 e. The van der Waals surface area contributed by atoms with Crippen molar-refractivity contribution in [1.29, 1.82) is 0 Å². The van der Waals surface area contributed by atoms with Crippen LogP contribution in [0, 0.1) is 0 Å². The zero-order valence-electron chi connectivity index (χ0n) is 9.14. The molecule has 0 saturated heterocycles. The van der Waals surface area contributed by atoms with Crippen LogP contribution in [0.15, 0.2) is 23.1 Å². The van der Waals surface area contributed by atoms with E-state index in [2.05, 4.69) is 0 Å². The second kappa shape index (κ2) is 5.10. The van der Waals surface area contributed by atoms with E-state index in [4.69, 9.17) is 5.73 Å². The Balaban J connectivity index is 3.17. The van der Waals surface area contributed by atoms with Gasteiger partial charge in [-0.05, 0) is 37.3 Å². The highest BCUT2D eigenvalue weighted by atomic mass is 32.2. The summed E-state index contributed by atoms with van der Waals surface area (Å²) >= 11 is 1.30. The molecule has 0 radical (unpaired) electrons. The highest BCUT2D eigenvalue weighted by molar-refractivity contribution is 7.98. The molecule has 0 spiro atoms. The molecule has 1 unspecified atom stereocenters. The second-order valence-corrected chi connectivity index (χ2v) is 4.58. The summed E-state index contributed by atoms with van der Waals surface area (Å²) in [7, 11) is 0. The van der Waals surface area contributed by atoms with Crippen molar-refractivity contribution >= 4 is 11.8 Å². The normalized spacial score (nSPS) is 13.9. The minimum atomic E-state index is -4.31. The fraction of sp³-hybridized carbons (Fsp3) is 0.455. The molecule has 90 valence electrons. The van der Waals surface area contributed by atoms with Crippen LogP contribution in [0.5, 0.6) is 0 Å². The summed E-state index contributed by atoms with van der Waals surface area (Å²) in [6, 6.07) is 4.11. The lowest BCUT2D eigenvalue weighted by Gasteiger charge is -2.15. The van der Waals surface area contributed by atoms with Crippen LogP contribution < -0.4 is 5.73 Å². The van der Waals surface area contributed by atoms with Crippen molar-refractivity contribution in [3.05, 3.63) is 29.3 Å². The van der Waals surface area contributed by atoms with Crippen LogP contribution in [0.3, 0.4) is 0 Å². The first-order valence-electron chi connectivity index (χ1n) is 4.84. The van der Waals surface area contributed by atoms with E-state index in [1.165, 1.54) is 23.9 Å². The van der Waals surface area contributed by atoms with Gasteiger partial charge in [0.25, 0.3) is 0 Å². The van der Waals surface area contributed by atoms with Gasteiger partial charge in [0, 0.05) is 10.9 Å². The van der Waals surface area contributed by atoms with E-state index in [1.54, 1.807) is 19.2 Å². The van der Waals surface area contributed by atoms with E-state index in [0.717, 1.165) is 0 Å². The van der Waals surface area contributed by atoms with E-state index >= 15 is 0 Å². The van der Waals surface area contributed by atoms with Crippen molar-refractivity contribution in [2.24, 2.45) is 5.73 Å². The van der Waals surface area contributed by atoms with Crippen LogP contribution in [-0.2, 0) is 12.6 Å². The fourth-order valence-electron chi connectivity index (χ4n) is 1.47. The minimum absolute atomic E-state index is 0.240. The van der Waals surface area contributed by atoms with Gasteiger partial charge in [0.05, 0.1) is 5.56 Å². The zero-order chi connectivity index (χ0) is 12.3. The van der Waals surface area contributed by atoms with Gasteiger partial charge in [-0.1, -0.05) is 6.07 Å². The number of nitrogens with two attached hydrogens (primary N) is 1. The Hall–Kier alpha value is -0.680. The molecule has 1 aromatic rings. The van der Waals surface area contributed by atoms with E-state index in [-0.39, 0.29) is 18.0 Å². The molecule has 16 heavy (non-hydrogen) atoms. The molecule has 1 nitrogen and oxygen atoms in total. The van der Waals surface area contributed by atoms with Crippen LogP contribution in [0.2, 0.25) is 0 Å². The maximum Gasteiger partial charge on any atom is 0.416 e. The number of thioether (sulfide) groups is 1. The average Bonchev–Trinajstić information content (AvgIpc) is 2.15. The molecule has 5 heteroatoms. The Morgan fingerprint density at radius 3 is 2.44 bits per heavy atom. The Labute approximate surface area is 97.2 Å². The van der Waals surface area contributed by atoms with Crippen molar-refractivity contribution < 1.29 is 13.2 Å². The van der Waals surface area contributed by atoms with Gasteiger partial charge in [0.2, 0.25) is 0 Å². The van der Waals surface area contributed by atoms with Gasteiger partial charge in [-0.2, -0.15) is 13.2 Å². The molecule has 0 fully saturated rings. The van der Waals surface area contributed by atoms with Gasteiger partial charge in [0.1, 0.15) is 0 Å². The first-order chi connectivity index (χ1) is 7.34. The lowest BCUT2D eigenvalue weighted by Crippen LogP contribution is -2.20. The lowest BCUT2D eigenvalue weighted by molar-refractivity contribution is -0.138. The standard InChI is InChI=1S/C11H14F3NS/c1-7(15)5-8-3-4-9(16-2)6-10(8)11(12,13)14/h3-4,6-7H,5,15H2,1-2H3. The van der Waals surface area contributed by atoms with Crippen LogP contribution in [0.4, 0.5) is 13.2 Å². The number of halogens is 3. The van der Waals surface area contributed by atoms with Gasteiger partial charge < -0.3 is 5.73 Å². The van der Waals surface area contributed by atoms with Gasteiger partial charge in [-0.3, -0.25) is 0 Å². The maximum absolute atomic E-state index is 12.8. The van der Waals surface area contributed by atoms with Crippen molar-refractivity contribution in [2.45, 2.75) is 30.5 Å². The molecule has 1 rings (SSSR count). The molecule has 2 N–H and O–H groups in total. The number of benzene rings is 1. The highest BCUT2D eigenvalue weighted by Gasteiger charge is 2.33. The molecule has 0 aliphatic heterocycles. The smallest absolute Gasteiger partial charge is 0.328 e. The first kappa shape index (κ1) is 13.4. The maximum atomic E-state index is 12.8. The van der Waals surface area contributed by atoms with Crippen LogP contribution in [0.1, 0.15) is 18.1 Å². The minimum Gasteiger partial charge on any atom is -0.328 e. The molecule has 0 aliphatic carbocycles. The van der Waals surface area contributed by atoms with E-state index < -0.39 is 11.7 Å². The van der Waals surface area contributed by atoms with Crippen molar-refractivity contribution in [3.63, 3.8) is 0 Å². The lowest BCUT2D eigenvalue weighted by atomic mass is 10.0. The summed E-state index contributed by atoms with van der Waals surface area (Å²) in [5.74, 6) is 0. The third-order valence-corrected chi connectivity index (χ3v) is 2.89. The summed E-state index contributed by atoms with van der Waals surface area (Å²) in [5, 5.41) is 0. The molecule has 0 bridgehead atoms. The molecule has 0 heterocycles. The van der Waals surface area contributed by atoms with E-state index in [0.29, 0.717) is 4.90 Å². The van der Waals surface area contributed by atoms with Crippen LogP contribution >= 0.6 is 11.8 Å². The Kier molecular flexibility index (Phi) is 4.27. The Morgan fingerprint density at radius 1 is 1.38 bits per heavy atom. The SMILES string of the molecule is CSc1ccc(CC(C)N)c(C(F)(F)F)c1. The van der Waals surface area contributed by atoms with Gasteiger partial charge in [0.15, 0.2) is 0 Å². The van der Waals surface area contributed by atoms with Gasteiger partial charge in [-0.25, -0.2) is 0 Å². The third kappa shape index (κ3) is 3.42. The molecular weight excluding hydrogens is 235 g/mol. The molecular formula is C11H14F3NS. The summed E-state index contributed by atoms with van der Waals surface area (Å²) in [6.45, 7) is 1.70. The Morgan fingerprint density at radius 2 is 2.00 bits per heavy atom.